The average molecular weight is 368 g/mol. The molecule has 9 heteroatoms. The van der Waals surface area contributed by atoms with Crippen LogP contribution < -0.4 is 5.73 Å². The number of hydrogen-bond donors (Lipinski definition) is 1. The third-order valence-corrected chi connectivity index (χ3v) is 3.74. The van der Waals surface area contributed by atoms with Gasteiger partial charge in [-0.05, 0) is 6.92 Å². The Kier molecular flexibility index (Phi) is 8.82. The standard InChI is InChI=1S/C13H14N2O6S.C3H6/c1-19-13(18)10-9-11(17)8(22-5-4-20-3-2-14)6-7(16)12(9)21-15-10;1-3-2/h6H,2-5,14H2,1H3;3H,1H2,2H3. The van der Waals surface area contributed by atoms with Gasteiger partial charge in [-0.1, -0.05) is 11.2 Å². The third kappa shape index (κ3) is 5.38. The molecule has 0 aliphatic heterocycles. The number of rotatable bonds is 7. The Morgan fingerprint density at radius 1 is 1.44 bits per heavy atom. The van der Waals surface area contributed by atoms with Crippen molar-refractivity contribution in [3.63, 3.8) is 0 Å². The van der Waals surface area contributed by atoms with Crippen LogP contribution in [0.2, 0.25) is 0 Å². The Labute approximate surface area is 149 Å². The molecule has 2 rings (SSSR count). The van der Waals surface area contributed by atoms with Crippen LogP contribution in [-0.2, 0) is 9.47 Å². The van der Waals surface area contributed by atoms with Crippen LogP contribution in [0.4, 0.5) is 0 Å². The number of esters is 1. The fourth-order valence-electron chi connectivity index (χ4n) is 1.78. The first-order valence-corrected chi connectivity index (χ1v) is 8.36. The van der Waals surface area contributed by atoms with Gasteiger partial charge in [-0.3, -0.25) is 9.59 Å². The van der Waals surface area contributed by atoms with Crippen LogP contribution in [0.5, 0.6) is 0 Å². The van der Waals surface area contributed by atoms with E-state index in [4.69, 9.17) is 15.0 Å². The van der Waals surface area contributed by atoms with E-state index in [9.17, 15) is 14.4 Å². The minimum absolute atomic E-state index is 0.148. The number of ketones is 2. The van der Waals surface area contributed by atoms with Crippen molar-refractivity contribution >= 4 is 29.3 Å². The number of Topliss-reactive ketones (excluding diaryl/α,β-unsaturated/α-hetero) is 1. The summed E-state index contributed by atoms with van der Waals surface area (Å²) < 4.78 is 14.5. The SMILES string of the molecule is C=CC.COC(=O)c1noc2c1C(=O)C(SCCOCCN)=CC2=O. The lowest BCUT2D eigenvalue weighted by Gasteiger charge is -2.10. The van der Waals surface area contributed by atoms with Crippen LogP contribution in [0.1, 0.15) is 38.3 Å². The molecule has 1 aliphatic rings. The van der Waals surface area contributed by atoms with Gasteiger partial charge in [-0.25, -0.2) is 4.79 Å². The third-order valence-electron chi connectivity index (χ3n) is 2.76. The predicted molar refractivity (Wildman–Crippen MR) is 92.8 cm³/mol. The number of hydrogen-bond acceptors (Lipinski definition) is 9. The second kappa shape index (κ2) is 10.6. The first-order chi connectivity index (χ1) is 12.0. The summed E-state index contributed by atoms with van der Waals surface area (Å²) in [6, 6.07) is 0. The number of carbonyl (C=O) groups excluding carboxylic acids is 3. The number of fused-ring (bicyclic) bond motifs is 1. The summed E-state index contributed by atoms with van der Waals surface area (Å²) >= 11 is 1.16. The molecule has 1 aromatic rings. The maximum absolute atomic E-state index is 12.4. The molecule has 1 aliphatic carbocycles. The maximum Gasteiger partial charge on any atom is 0.361 e. The highest BCUT2D eigenvalue weighted by Gasteiger charge is 2.36. The summed E-state index contributed by atoms with van der Waals surface area (Å²) in [4.78, 5) is 36.1. The second-order valence-corrected chi connectivity index (χ2v) is 5.72. The molecule has 0 radical (unpaired) electrons. The van der Waals surface area contributed by atoms with E-state index < -0.39 is 17.5 Å². The largest absolute Gasteiger partial charge is 0.464 e. The molecule has 0 fully saturated rings. The Bertz CT molecular complexity index is 680. The van der Waals surface area contributed by atoms with Crippen molar-refractivity contribution < 1.29 is 28.4 Å². The number of allylic oxidation sites excluding steroid dienone is 3. The number of aromatic nitrogens is 1. The molecule has 0 bridgehead atoms. The van der Waals surface area contributed by atoms with Gasteiger partial charge in [0, 0.05) is 18.4 Å². The molecular weight excluding hydrogens is 348 g/mol. The lowest BCUT2D eigenvalue weighted by atomic mass is 10.00. The van der Waals surface area contributed by atoms with Gasteiger partial charge in [-0.2, -0.15) is 0 Å². The summed E-state index contributed by atoms with van der Waals surface area (Å²) in [6.45, 7) is 6.48. The zero-order valence-electron chi connectivity index (χ0n) is 14.1. The van der Waals surface area contributed by atoms with Crippen LogP contribution >= 0.6 is 11.8 Å². The van der Waals surface area contributed by atoms with Gasteiger partial charge >= 0.3 is 5.97 Å². The van der Waals surface area contributed by atoms with E-state index in [-0.39, 0.29) is 21.9 Å². The molecule has 8 nitrogen and oxygen atoms in total. The molecule has 0 aromatic carbocycles. The van der Waals surface area contributed by atoms with Crippen LogP contribution in [0.15, 0.2) is 28.2 Å². The van der Waals surface area contributed by atoms with Crippen LogP contribution in [0, 0.1) is 0 Å². The van der Waals surface area contributed by atoms with Gasteiger partial charge in [-0.15, -0.1) is 18.3 Å². The fraction of sp³-hybridized carbons (Fsp3) is 0.375. The average Bonchev–Trinajstić information content (AvgIpc) is 3.04. The predicted octanol–water partition coefficient (Wildman–Crippen LogP) is 1.62. The molecule has 0 atom stereocenters. The van der Waals surface area contributed by atoms with Gasteiger partial charge in [0.2, 0.25) is 23.0 Å². The zero-order chi connectivity index (χ0) is 18.8. The minimum Gasteiger partial charge on any atom is -0.464 e. The number of nitrogens with two attached hydrogens (primary N) is 1. The maximum atomic E-state index is 12.4. The number of nitrogens with zero attached hydrogens (tertiary/aromatic N) is 1. The van der Waals surface area contributed by atoms with E-state index in [0.29, 0.717) is 25.5 Å². The molecule has 1 heterocycles. The van der Waals surface area contributed by atoms with Gasteiger partial charge in [0.1, 0.15) is 5.56 Å². The van der Waals surface area contributed by atoms with Crippen LogP contribution in [0.25, 0.3) is 0 Å². The van der Waals surface area contributed by atoms with E-state index in [1.807, 2.05) is 6.92 Å². The summed E-state index contributed by atoms with van der Waals surface area (Å²) in [6.07, 6.45) is 2.92. The van der Waals surface area contributed by atoms with Crippen molar-refractivity contribution in [2.45, 2.75) is 6.92 Å². The van der Waals surface area contributed by atoms with E-state index in [2.05, 4.69) is 16.5 Å². The lowest BCUT2D eigenvalue weighted by Crippen LogP contribution is -2.18. The molecule has 0 saturated carbocycles. The summed E-state index contributed by atoms with van der Waals surface area (Å²) in [7, 11) is 1.15. The van der Waals surface area contributed by atoms with Crippen molar-refractivity contribution in [1.82, 2.24) is 5.16 Å². The topological polar surface area (TPSA) is 122 Å². The Morgan fingerprint density at radius 3 is 2.72 bits per heavy atom. The van der Waals surface area contributed by atoms with Gasteiger partial charge in [0.05, 0.1) is 25.2 Å². The summed E-state index contributed by atoms with van der Waals surface area (Å²) in [5.41, 5.74) is 4.85. The van der Waals surface area contributed by atoms with E-state index in [1.54, 1.807) is 6.08 Å². The monoisotopic (exact) mass is 368 g/mol. The Morgan fingerprint density at radius 2 is 2.12 bits per heavy atom. The first-order valence-electron chi connectivity index (χ1n) is 7.38. The molecule has 0 amide bonds. The lowest BCUT2D eigenvalue weighted by molar-refractivity contribution is 0.0586. The van der Waals surface area contributed by atoms with Crippen molar-refractivity contribution in [3.8, 4) is 0 Å². The molecule has 136 valence electrons. The Hall–Kier alpha value is -2.23. The van der Waals surface area contributed by atoms with Crippen molar-refractivity contribution in [1.29, 1.82) is 0 Å². The van der Waals surface area contributed by atoms with Crippen molar-refractivity contribution in [3.05, 3.63) is 40.7 Å². The molecule has 0 spiro atoms. The van der Waals surface area contributed by atoms with E-state index in [1.165, 1.54) is 6.08 Å². The normalized spacial score (nSPS) is 12.7. The number of thioether (sulfide) groups is 1. The highest BCUT2D eigenvalue weighted by atomic mass is 32.2. The van der Waals surface area contributed by atoms with E-state index in [0.717, 1.165) is 18.9 Å². The van der Waals surface area contributed by atoms with Crippen molar-refractivity contribution in [2.24, 2.45) is 5.73 Å². The number of carbonyl (C=O) groups is 3. The molecule has 0 saturated heterocycles. The molecular formula is C16H20N2O6S. The molecule has 1 aromatic heterocycles. The van der Waals surface area contributed by atoms with Gasteiger partial charge in [0.25, 0.3) is 0 Å². The van der Waals surface area contributed by atoms with Gasteiger partial charge < -0.3 is 19.7 Å². The number of ether oxygens (including phenoxy) is 2. The summed E-state index contributed by atoms with van der Waals surface area (Å²) in [5, 5.41) is 3.45. The van der Waals surface area contributed by atoms with Gasteiger partial charge in [0.15, 0.2) is 0 Å². The zero-order valence-corrected chi connectivity index (χ0v) is 14.9. The minimum atomic E-state index is -0.830. The summed E-state index contributed by atoms with van der Waals surface area (Å²) in [5.74, 6) is -1.60. The molecule has 0 unspecified atom stereocenters. The van der Waals surface area contributed by atoms with Crippen LogP contribution in [-0.4, -0.2) is 55.3 Å². The highest BCUT2D eigenvalue weighted by Crippen LogP contribution is 2.30. The smallest absolute Gasteiger partial charge is 0.361 e. The molecule has 2 N–H and O–H groups in total. The Balaban J connectivity index is 0.000000970. The molecule has 25 heavy (non-hydrogen) atoms. The second-order valence-electron chi connectivity index (χ2n) is 4.59. The van der Waals surface area contributed by atoms with Crippen LogP contribution in [0.3, 0.4) is 0 Å². The van der Waals surface area contributed by atoms with Crippen molar-refractivity contribution in [2.75, 3.05) is 32.6 Å². The number of methoxy groups -OCH3 is 1. The quantitative estimate of drug-likeness (QED) is 0.434. The fourth-order valence-corrected chi connectivity index (χ4v) is 2.63. The first kappa shape index (κ1) is 20.8. The highest BCUT2D eigenvalue weighted by molar-refractivity contribution is 8.04. The van der Waals surface area contributed by atoms with E-state index >= 15 is 0 Å².